The molecule has 4 aromatic carbocycles. The monoisotopic (exact) mass is 664 g/mol. The van der Waals surface area contributed by atoms with Crippen LogP contribution in [-0.2, 0) is 16.1 Å². The molecule has 5 rings (SSSR count). The molecule has 1 aliphatic rings. The van der Waals surface area contributed by atoms with Gasteiger partial charge in [0.15, 0.2) is 0 Å². The van der Waals surface area contributed by atoms with Crippen LogP contribution >= 0.6 is 15.9 Å². The summed E-state index contributed by atoms with van der Waals surface area (Å²) in [5.41, 5.74) is 2.39. The van der Waals surface area contributed by atoms with Crippen molar-refractivity contribution >= 4 is 55.8 Å². The molecule has 226 valence electrons. The number of hydrogen-bond acceptors (Lipinski definition) is 7. The Hall–Kier alpha value is -5.23. The quantitative estimate of drug-likeness (QED) is 0.293. The van der Waals surface area contributed by atoms with Crippen molar-refractivity contribution < 1.29 is 19.1 Å². The molecule has 1 heterocycles. The molecule has 0 saturated heterocycles. The zero-order chi connectivity index (χ0) is 32.2. The van der Waals surface area contributed by atoms with Gasteiger partial charge in [-0.1, -0.05) is 28.1 Å². The van der Waals surface area contributed by atoms with Gasteiger partial charge in [0.25, 0.3) is 11.8 Å². The predicted molar refractivity (Wildman–Crippen MR) is 174 cm³/mol. The number of hydrogen-bond donors (Lipinski definition) is 2. The maximum Gasteiger partial charge on any atom is 0.258 e. The predicted octanol–water partition coefficient (Wildman–Crippen LogP) is 4.64. The number of carbonyl (C=O) groups is 3. The fourth-order valence-corrected chi connectivity index (χ4v) is 5.81. The fourth-order valence-electron chi connectivity index (χ4n) is 5.31. The van der Waals surface area contributed by atoms with E-state index in [9.17, 15) is 24.9 Å². The number of ether oxygens (including phenoxy) is 1. The number of likely N-dealkylation sites (N-methyl/N-ethyl adjacent to an activating group) is 1. The van der Waals surface area contributed by atoms with Gasteiger partial charge in [-0.15, -0.1) is 0 Å². The van der Waals surface area contributed by atoms with Crippen LogP contribution < -0.4 is 25.2 Å². The van der Waals surface area contributed by atoms with Crippen molar-refractivity contribution in [2.24, 2.45) is 0 Å². The molecule has 0 spiro atoms. The second kappa shape index (κ2) is 13.2. The third kappa shape index (κ3) is 6.09. The minimum Gasteiger partial charge on any atom is -0.496 e. The molecule has 0 saturated carbocycles. The largest absolute Gasteiger partial charge is 0.496 e. The van der Waals surface area contributed by atoms with E-state index in [1.807, 2.05) is 36.4 Å². The lowest BCUT2D eigenvalue weighted by Crippen LogP contribution is -2.55. The summed E-state index contributed by atoms with van der Waals surface area (Å²) in [6.45, 7) is 1.51. The van der Waals surface area contributed by atoms with Crippen molar-refractivity contribution in [1.29, 1.82) is 10.5 Å². The highest BCUT2D eigenvalue weighted by molar-refractivity contribution is 9.10. The molecule has 1 aliphatic heterocycles. The topological polar surface area (TPSA) is 139 Å². The number of fused-ring (bicyclic) bond motifs is 2. The van der Waals surface area contributed by atoms with Crippen LogP contribution in [0.3, 0.4) is 0 Å². The van der Waals surface area contributed by atoms with E-state index in [-0.39, 0.29) is 24.2 Å². The second-order valence-electron chi connectivity index (χ2n) is 10.5. The number of methoxy groups -OCH3 is 1. The van der Waals surface area contributed by atoms with E-state index in [4.69, 9.17) is 4.74 Å². The van der Waals surface area contributed by atoms with E-state index in [1.165, 1.54) is 34.1 Å². The SMILES string of the molecule is CN[C@@H](C)C(=O)N[C@H]1CN(C(=O)c2ccc(C#N)cc2)c2cc(C#N)ccc2N(Cc2c(OC)ccc3c(Br)cccc23)C1=O. The summed E-state index contributed by atoms with van der Waals surface area (Å²) in [5.74, 6) is -0.764. The van der Waals surface area contributed by atoms with Gasteiger partial charge in [0.1, 0.15) is 11.8 Å². The summed E-state index contributed by atoms with van der Waals surface area (Å²) in [7, 11) is 3.19. The lowest BCUT2D eigenvalue weighted by atomic mass is 10.0. The zero-order valence-corrected chi connectivity index (χ0v) is 26.4. The molecular formula is C34H29BrN6O4. The Morgan fingerprint density at radius 1 is 1.00 bits per heavy atom. The van der Waals surface area contributed by atoms with E-state index in [0.717, 1.165) is 20.8 Å². The van der Waals surface area contributed by atoms with E-state index < -0.39 is 29.8 Å². The van der Waals surface area contributed by atoms with Crippen molar-refractivity contribution in [3.8, 4) is 17.9 Å². The first kappa shape index (κ1) is 31.2. The molecule has 0 fully saturated rings. The van der Waals surface area contributed by atoms with Gasteiger partial charge < -0.3 is 25.2 Å². The van der Waals surface area contributed by atoms with Gasteiger partial charge >= 0.3 is 0 Å². The minimum absolute atomic E-state index is 0.0432. The number of rotatable bonds is 7. The highest BCUT2D eigenvalue weighted by Crippen LogP contribution is 2.39. The third-order valence-electron chi connectivity index (χ3n) is 7.88. The lowest BCUT2D eigenvalue weighted by molar-refractivity contribution is -0.128. The minimum atomic E-state index is -1.14. The van der Waals surface area contributed by atoms with Crippen molar-refractivity contribution in [3.05, 3.63) is 99.5 Å². The van der Waals surface area contributed by atoms with Gasteiger partial charge in [0.2, 0.25) is 5.91 Å². The van der Waals surface area contributed by atoms with Crippen molar-refractivity contribution in [3.63, 3.8) is 0 Å². The average Bonchev–Trinajstić information content (AvgIpc) is 3.18. The van der Waals surface area contributed by atoms with Gasteiger partial charge in [-0.2, -0.15) is 10.5 Å². The van der Waals surface area contributed by atoms with Gasteiger partial charge in [-0.3, -0.25) is 14.4 Å². The number of benzene rings is 4. The summed E-state index contributed by atoms with van der Waals surface area (Å²) in [6.07, 6.45) is 0. The molecule has 0 radical (unpaired) electrons. The van der Waals surface area contributed by atoms with Crippen LogP contribution in [0.2, 0.25) is 0 Å². The van der Waals surface area contributed by atoms with E-state index in [2.05, 4.69) is 32.6 Å². The van der Waals surface area contributed by atoms with Crippen LogP contribution in [0.15, 0.2) is 77.3 Å². The van der Waals surface area contributed by atoms with Crippen LogP contribution in [0.4, 0.5) is 11.4 Å². The van der Waals surface area contributed by atoms with Crippen molar-refractivity contribution in [2.45, 2.75) is 25.6 Å². The van der Waals surface area contributed by atoms with Crippen LogP contribution in [0.1, 0.15) is 34.0 Å². The Bertz CT molecular complexity index is 1900. The van der Waals surface area contributed by atoms with Crippen LogP contribution in [0, 0.1) is 22.7 Å². The zero-order valence-electron chi connectivity index (χ0n) is 24.8. The normalized spacial score (nSPS) is 15.0. The first-order valence-corrected chi connectivity index (χ1v) is 14.9. The molecule has 10 nitrogen and oxygen atoms in total. The number of nitrogens with zero attached hydrogens (tertiary/aromatic N) is 4. The highest BCUT2D eigenvalue weighted by atomic mass is 79.9. The van der Waals surface area contributed by atoms with Gasteiger partial charge in [0.05, 0.1) is 60.9 Å². The Morgan fingerprint density at radius 2 is 1.71 bits per heavy atom. The van der Waals surface area contributed by atoms with Crippen molar-refractivity contribution in [1.82, 2.24) is 10.6 Å². The maximum atomic E-state index is 14.5. The molecule has 2 atom stereocenters. The standard InChI is InChI=1S/C34H29BrN6O4/c1-20(38-2)32(42)39-28-19-41(33(43)23-10-7-21(16-36)8-11-23)30-15-22(17-37)9-13-29(30)40(34(28)44)18-26-24-5-4-6-27(35)25(24)12-14-31(26)45-3/h4-15,20,28,38H,18-19H2,1-3H3,(H,39,42)/t20-,28-/m0/s1. The molecule has 3 amide bonds. The maximum absolute atomic E-state index is 14.5. The smallest absolute Gasteiger partial charge is 0.258 e. The number of nitriles is 2. The molecule has 0 aliphatic carbocycles. The molecule has 45 heavy (non-hydrogen) atoms. The molecule has 2 N–H and O–H groups in total. The summed E-state index contributed by atoms with van der Waals surface area (Å²) < 4.78 is 6.61. The number of anilines is 2. The van der Waals surface area contributed by atoms with E-state index in [1.54, 1.807) is 39.3 Å². The number of nitrogens with one attached hydrogen (secondary N) is 2. The summed E-state index contributed by atoms with van der Waals surface area (Å²) >= 11 is 3.61. The summed E-state index contributed by atoms with van der Waals surface area (Å²) in [6, 6.07) is 22.9. The van der Waals surface area contributed by atoms with Gasteiger partial charge in [0, 0.05) is 15.6 Å². The van der Waals surface area contributed by atoms with E-state index >= 15 is 0 Å². The first-order valence-electron chi connectivity index (χ1n) is 14.1. The average molecular weight is 666 g/mol. The Balaban J connectivity index is 1.70. The first-order chi connectivity index (χ1) is 21.7. The van der Waals surface area contributed by atoms with Crippen LogP contribution in [0.5, 0.6) is 5.75 Å². The molecule has 4 aromatic rings. The molecular weight excluding hydrogens is 636 g/mol. The second-order valence-corrected chi connectivity index (χ2v) is 11.4. The summed E-state index contributed by atoms with van der Waals surface area (Å²) in [4.78, 5) is 44.7. The van der Waals surface area contributed by atoms with E-state index in [0.29, 0.717) is 22.7 Å². The highest BCUT2D eigenvalue weighted by Gasteiger charge is 2.38. The fraction of sp³-hybridized carbons (Fsp3) is 0.206. The Morgan fingerprint density at radius 3 is 2.38 bits per heavy atom. The Kier molecular flexibility index (Phi) is 9.14. The number of carbonyl (C=O) groups excluding carboxylic acids is 3. The third-order valence-corrected chi connectivity index (χ3v) is 8.57. The molecule has 11 heteroatoms. The number of halogens is 1. The van der Waals surface area contributed by atoms with Gasteiger partial charge in [-0.05, 0) is 85.4 Å². The lowest BCUT2D eigenvalue weighted by Gasteiger charge is -2.27. The molecule has 0 unspecified atom stereocenters. The molecule has 0 bridgehead atoms. The molecule has 0 aromatic heterocycles. The number of amides is 3. The van der Waals surface area contributed by atoms with Crippen LogP contribution in [-0.4, -0.2) is 50.5 Å². The van der Waals surface area contributed by atoms with Gasteiger partial charge in [-0.25, -0.2) is 0 Å². The van der Waals surface area contributed by atoms with Crippen molar-refractivity contribution in [2.75, 3.05) is 30.5 Å². The Labute approximate surface area is 268 Å². The van der Waals surface area contributed by atoms with Crippen LogP contribution in [0.25, 0.3) is 10.8 Å². The summed E-state index contributed by atoms with van der Waals surface area (Å²) in [5, 5.41) is 26.5.